The quantitative estimate of drug-likeness (QED) is 0.630. The fourth-order valence-electron chi connectivity index (χ4n) is 1.76. The second-order valence-electron chi connectivity index (χ2n) is 4.17. The van der Waals surface area contributed by atoms with Crippen molar-refractivity contribution in [2.24, 2.45) is 0 Å². The van der Waals surface area contributed by atoms with E-state index >= 15 is 0 Å². The zero-order valence-electron chi connectivity index (χ0n) is 11.7. The average molecular weight is 252 g/mol. The minimum atomic E-state index is 0.679. The molecule has 18 heavy (non-hydrogen) atoms. The highest BCUT2D eigenvalue weighted by atomic mass is 16.5. The summed E-state index contributed by atoms with van der Waals surface area (Å²) in [6.07, 6.45) is 3.08. The van der Waals surface area contributed by atoms with Crippen LogP contribution in [0, 0.1) is 0 Å². The average Bonchev–Trinajstić information content (AvgIpc) is 2.38. The number of hydrogen-bond donors (Lipinski definition) is 0. The van der Waals surface area contributed by atoms with E-state index in [0.29, 0.717) is 6.61 Å². The van der Waals surface area contributed by atoms with Gasteiger partial charge in [-0.25, -0.2) is 0 Å². The Hall–Kier alpha value is -1.22. The van der Waals surface area contributed by atoms with Crippen molar-refractivity contribution in [2.45, 2.75) is 33.1 Å². The maximum atomic E-state index is 5.72. The summed E-state index contributed by atoms with van der Waals surface area (Å²) in [6.45, 7) is 6.36. The molecule has 0 aliphatic rings. The van der Waals surface area contributed by atoms with E-state index < -0.39 is 0 Å². The van der Waals surface area contributed by atoms with E-state index in [1.54, 1.807) is 7.11 Å². The van der Waals surface area contributed by atoms with Crippen molar-refractivity contribution >= 4 is 0 Å². The fourth-order valence-corrected chi connectivity index (χ4v) is 1.76. The molecule has 0 amide bonds. The van der Waals surface area contributed by atoms with Gasteiger partial charge in [0, 0.05) is 25.7 Å². The third-order valence-electron chi connectivity index (χ3n) is 2.62. The molecule has 0 unspecified atom stereocenters. The predicted molar refractivity (Wildman–Crippen MR) is 73.6 cm³/mol. The van der Waals surface area contributed by atoms with E-state index in [0.717, 1.165) is 44.0 Å². The maximum Gasteiger partial charge on any atom is 0.123 e. The first kappa shape index (κ1) is 14.8. The molecular formula is C15H24O3. The molecule has 0 spiro atoms. The van der Waals surface area contributed by atoms with Gasteiger partial charge in [0.2, 0.25) is 0 Å². The predicted octanol–water partition coefficient (Wildman–Crippen LogP) is 3.45. The smallest absolute Gasteiger partial charge is 0.123 e. The lowest BCUT2D eigenvalue weighted by atomic mass is 10.1. The Kier molecular flexibility index (Phi) is 7.26. The Balaban J connectivity index is 2.50. The molecule has 0 saturated heterocycles. The van der Waals surface area contributed by atoms with Crippen LogP contribution in [-0.4, -0.2) is 26.9 Å². The van der Waals surface area contributed by atoms with Crippen LogP contribution < -0.4 is 9.47 Å². The van der Waals surface area contributed by atoms with E-state index in [-0.39, 0.29) is 0 Å². The third kappa shape index (κ3) is 5.41. The van der Waals surface area contributed by atoms with Crippen LogP contribution in [0.15, 0.2) is 18.2 Å². The molecule has 0 bridgehead atoms. The number of hydrogen-bond acceptors (Lipinski definition) is 3. The fraction of sp³-hybridized carbons (Fsp3) is 0.600. The minimum Gasteiger partial charge on any atom is -0.497 e. The molecule has 0 aromatic heterocycles. The molecular weight excluding hydrogens is 228 g/mol. The summed E-state index contributed by atoms with van der Waals surface area (Å²) >= 11 is 0. The van der Waals surface area contributed by atoms with E-state index in [1.807, 2.05) is 13.0 Å². The van der Waals surface area contributed by atoms with Crippen LogP contribution in [0.5, 0.6) is 11.5 Å². The lowest BCUT2D eigenvalue weighted by Crippen LogP contribution is -2.03. The van der Waals surface area contributed by atoms with Gasteiger partial charge in [-0.05, 0) is 31.0 Å². The molecule has 0 aliphatic carbocycles. The lowest BCUT2D eigenvalue weighted by molar-refractivity contribution is 0.131. The number of methoxy groups -OCH3 is 1. The van der Waals surface area contributed by atoms with Gasteiger partial charge in [0.25, 0.3) is 0 Å². The second-order valence-corrected chi connectivity index (χ2v) is 4.17. The van der Waals surface area contributed by atoms with Crippen LogP contribution in [0.25, 0.3) is 0 Å². The van der Waals surface area contributed by atoms with Gasteiger partial charge in [-0.2, -0.15) is 0 Å². The zero-order chi connectivity index (χ0) is 13.2. The molecule has 0 saturated carbocycles. The second kappa shape index (κ2) is 8.81. The molecule has 0 radical (unpaired) electrons. The first-order chi connectivity index (χ1) is 8.80. The first-order valence-corrected chi connectivity index (χ1v) is 6.68. The van der Waals surface area contributed by atoms with E-state index in [2.05, 4.69) is 19.1 Å². The van der Waals surface area contributed by atoms with Gasteiger partial charge in [0.15, 0.2) is 0 Å². The third-order valence-corrected chi connectivity index (χ3v) is 2.62. The van der Waals surface area contributed by atoms with Crippen molar-refractivity contribution in [1.29, 1.82) is 0 Å². The van der Waals surface area contributed by atoms with E-state index in [9.17, 15) is 0 Å². The lowest BCUT2D eigenvalue weighted by Gasteiger charge is -2.10. The number of aryl methyl sites for hydroxylation is 1. The largest absolute Gasteiger partial charge is 0.497 e. The molecule has 0 fully saturated rings. The highest BCUT2D eigenvalue weighted by Gasteiger charge is 2.02. The Bertz CT molecular complexity index is 337. The maximum absolute atomic E-state index is 5.72. The first-order valence-electron chi connectivity index (χ1n) is 6.68. The van der Waals surface area contributed by atoms with E-state index in [1.165, 1.54) is 5.56 Å². The minimum absolute atomic E-state index is 0.679. The molecule has 3 heteroatoms. The number of rotatable bonds is 9. The summed E-state index contributed by atoms with van der Waals surface area (Å²) in [6, 6.07) is 6.09. The van der Waals surface area contributed by atoms with Crippen molar-refractivity contribution in [3.8, 4) is 11.5 Å². The summed E-state index contributed by atoms with van der Waals surface area (Å²) in [4.78, 5) is 0. The van der Waals surface area contributed by atoms with Crippen molar-refractivity contribution in [1.82, 2.24) is 0 Å². The van der Waals surface area contributed by atoms with Gasteiger partial charge in [0.05, 0.1) is 13.7 Å². The number of benzene rings is 1. The van der Waals surface area contributed by atoms with Crippen molar-refractivity contribution in [3.05, 3.63) is 23.8 Å². The van der Waals surface area contributed by atoms with Crippen LogP contribution in [0.3, 0.4) is 0 Å². The van der Waals surface area contributed by atoms with Crippen molar-refractivity contribution in [3.63, 3.8) is 0 Å². The monoisotopic (exact) mass is 252 g/mol. The normalized spacial score (nSPS) is 10.4. The molecule has 3 nitrogen and oxygen atoms in total. The van der Waals surface area contributed by atoms with Gasteiger partial charge in [-0.3, -0.25) is 0 Å². The van der Waals surface area contributed by atoms with Gasteiger partial charge < -0.3 is 14.2 Å². The highest BCUT2D eigenvalue weighted by molar-refractivity contribution is 5.38. The van der Waals surface area contributed by atoms with Crippen molar-refractivity contribution in [2.75, 3.05) is 26.9 Å². The molecule has 0 N–H and O–H groups in total. The molecule has 1 aromatic carbocycles. The van der Waals surface area contributed by atoms with Gasteiger partial charge in [0.1, 0.15) is 11.5 Å². The van der Waals surface area contributed by atoms with Gasteiger partial charge >= 0.3 is 0 Å². The van der Waals surface area contributed by atoms with Crippen LogP contribution >= 0.6 is 0 Å². The molecule has 0 heterocycles. The molecule has 102 valence electrons. The van der Waals surface area contributed by atoms with Crippen LogP contribution in [0.4, 0.5) is 0 Å². The Morgan fingerprint density at radius 2 is 1.78 bits per heavy atom. The van der Waals surface area contributed by atoms with Gasteiger partial charge in [-0.15, -0.1) is 0 Å². The highest BCUT2D eigenvalue weighted by Crippen LogP contribution is 2.23. The van der Waals surface area contributed by atoms with Crippen LogP contribution in [0.1, 0.15) is 32.3 Å². The van der Waals surface area contributed by atoms with E-state index in [4.69, 9.17) is 14.2 Å². The molecule has 0 aliphatic heterocycles. The van der Waals surface area contributed by atoms with Crippen LogP contribution in [-0.2, 0) is 11.2 Å². The van der Waals surface area contributed by atoms with Crippen molar-refractivity contribution < 1.29 is 14.2 Å². The molecule has 0 atom stereocenters. The Labute approximate surface area is 110 Å². The SMILES string of the molecule is CCCc1cc(OC)cc(OCCCOCC)c1. The summed E-state index contributed by atoms with van der Waals surface area (Å²) in [5, 5.41) is 0. The summed E-state index contributed by atoms with van der Waals surface area (Å²) in [7, 11) is 1.68. The topological polar surface area (TPSA) is 27.7 Å². The summed E-state index contributed by atoms with van der Waals surface area (Å²) in [5.74, 6) is 1.75. The Morgan fingerprint density at radius 1 is 1.00 bits per heavy atom. The van der Waals surface area contributed by atoms with Crippen LogP contribution in [0.2, 0.25) is 0 Å². The number of ether oxygens (including phenoxy) is 3. The standard InChI is InChI=1S/C15H24O3/c1-4-7-13-10-14(16-3)12-15(11-13)18-9-6-8-17-5-2/h10-12H,4-9H2,1-3H3. The molecule has 1 aromatic rings. The molecule has 1 rings (SSSR count). The Morgan fingerprint density at radius 3 is 2.44 bits per heavy atom. The zero-order valence-corrected chi connectivity index (χ0v) is 11.7. The summed E-state index contributed by atoms with van der Waals surface area (Å²) in [5.41, 5.74) is 1.26. The summed E-state index contributed by atoms with van der Waals surface area (Å²) < 4.78 is 16.3. The van der Waals surface area contributed by atoms with Gasteiger partial charge in [-0.1, -0.05) is 13.3 Å².